The minimum atomic E-state index is 0.00219. The molecule has 0 radical (unpaired) electrons. The molecule has 3 aromatic rings. The molecule has 1 aromatic heterocycles. The molecule has 0 spiro atoms. The van der Waals surface area contributed by atoms with Gasteiger partial charge >= 0.3 is 0 Å². The fourth-order valence-corrected chi connectivity index (χ4v) is 2.92. The third-order valence-corrected chi connectivity index (χ3v) is 4.23. The molecule has 2 aromatic carbocycles. The number of amides is 1. The summed E-state index contributed by atoms with van der Waals surface area (Å²) >= 11 is 0. The Morgan fingerprint density at radius 2 is 1.78 bits per heavy atom. The minimum absolute atomic E-state index is 0.00219. The van der Waals surface area contributed by atoms with Crippen LogP contribution in [-0.4, -0.2) is 16.5 Å². The van der Waals surface area contributed by atoms with Crippen molar-refractivity contribution in [3.8, 4) is 0 Å². The van der Waals surface area contributed by atoms with Crippen LogP contribution in [0.3, 0.4) is 0 Å². The maximum atomic E-state index is 12.6. The average Bonchev–Trinajstić information content (AvgIpc) is 2.91. The van der Waals surface area contributed by atoms with E-state index in [0.717, 1.165) is 29.3 Å². The van der Waals surface area contributed by atoms with Gasteiger partial charge in [-0.15, -0.1) is 0 Å². The van der Waals surface area contributed by atoms with E-state index in [1.165, 1.54) is 5.56 Å². The summed E-state index contributed by atoms with van der Waals surface area (Å²) in [6, 6.07) is 18.5. The quantitative estimate of drug-likeness (QED) is 0.761. The molecule has 0 unspecified atom stereocenters. The number of benzene rings is 2. The highest BCUT2D eigenvalue weighted by Gasteiger charge is 2.15. The van der Waals surface area contributed by atoms with Crippen LogP contribution in [0, 0.1) is 0 Å². The van der Waals surface area contributed by atoms with E-state index in [-0.39, 0.29) is 11.9 Å². The SMILES string of the molecule is C[C@@H](CCc1ccccc1)NC(=O)c1cn(C)c2ccccc12. The Labute approximate surface area is 136 Å². The Morgan fingerprint density at radius 3 is 2.57 bits per heavy atom. The Kier molecular flexibility index (Phi) is 4.47. The van der Waals surface area contributed by atoms with Crippen LogP contribution in [0.2, 0.25) is 0 Å². The number of fused-ring (bicyclic) bond motifs is 1. The van der Waals surface area contributed by atoms with Gasteiger partial charge in [-0.05, 0) is 31.4 Å². The van der Waals surface area contributed by atoms with E-state index in [4.69, 9.17) is 0 Å². The lowest BCUT2D eigenvalue weighted by Crippen LogP contribution is -2.32. The summed E-state index contributed by atoms with van der Waals surface area (Å²) in [6.45, 7) is 2.06. The molecule has 0 bridgehead atoms. The lowest BCUT2D eigenvalue weighted by atomic mass is 10.1. The van der Waals surface area contributed by atoms with Gasteiger partial charge in [-0.1, -0.05) is 48.5 Å². The second-order valence-electron chi connectivity index (χ2n) is 6.07. The fourth-order valence-electron chi connectivity index (χ4n) is 2.92. The first kappa shape index (κ1) is 15.3. The maximum absolute atomic E-state index is 12.6. The molecule has 3 rings (SSSR count). The molecule has 1 N–H and O–H groups in total. The van der Waals surface area contributed by atoms with Gasteiger partial charge in [0, 0.05) is 30.2 Å². The number of aryl methyl sites for hydroxylation is 2. The van der Waals surface area contributed by atoms with Crippen LogP contribution in [0.15, 0.2) is 60.8 Å². The van der Waals surface area contributed by atoms with Gasteiger partial charge in [0.2, 0.25) is 0 Å². The highest BCUT2D eigenvalue weighted by Crippen LogP contribution is 2.20. The lowest BCUT2D eigenvalue weighted by molar-refractivity contribution is 0.0940. The Bertz CT molecular complexity index is 805. The summed E-state index contributed by atoms with van der Waals surface area (Å²) in [5.74, 6) is 0.00219. The van der Waals surface area contributed by atoms with Crippen molar-refractivity contribution in [3.63, 3.8) is 0 Å². The molecule has 0 fully saturated rings. The third kappa shape index (κ3) is 3.45. The van der Waals surface area contributed by atoms with Gasteiger partial charge in [0.1, 0.15) is 0 Å². The van der Waals surface area contributed by atoms with E-state index in [2.05, 4.69) is 36.5 Å². The van der Waals surface area contributed by atoms with Crippen LogP contribution < -0.4 is 5.32 Å². The number of para-hydroxylation sites is 1. The van der Waals surface area contributed by atoms with E-state index < -0.39 is 0 Å². The summed E-state index contributed by atoms with van der Waals surface area (Å²) in [4.78, 5) is 12.6. The van der Waals surface area contributed by atoms with Crippen LogP contribution in [0.25, 0.3) is 10.9 Å². The van der Waals surface area contributed by atoms with Crippen LogP contribution in [0.1, 0.15) is 29.3 Å². The third-order valence-electron chi connectivity index (χ3n) is 4.23. The molecule has 0 saturated heterocycles. The molecule has 0 aliphatic rings. The maximum Gasteiger partial charge on any atom is 0.253 e. The standard InChI is InChI=1S/C20H22N2O/c1-15(12-13-16-8-4-3-5-9-16)21-20(23)18-14-22(2)19-11-7-6-10-17(18)19/h3-11,14-15H,12-13H2,1-2H3,(H,21,23)/t15-/m0/s1. The van der Waals surface area contributed by atoms with Gasteiger partial charge in [-0.25, -0.2) is 0 Å². The van der Waals surface area contributed by atoms with Crippen molar-refractivity contribution in [1.82, 2.24) is 9.88 Å². The molecule has 1 atom stereocenters. The molecular weight excluding hydrogens is 284 g/mol. The number of aromatic nitrogens is 1. The second-order valence-corrected chi connectivity index (χ2v) is 6.07. The summed E-state index contributed by atoms with van der Waals surface area (Å²) in [7, 11) is 1.97. The first-order valence-corrected chi connectivity index (χ1v) is 8.04. The Morgan fingerprint density at radius 1 is 1.09 bits per heavy atom. The lowest BCUT2D eigenvalue weighted by Gasteiger charge is -2.13. The zero-order valence-electron chi connectivity index (χ0n) is 13.6. The number of carbonyl (C=O) groups excluding carboxylic acids is 1. The van der Waals surface area contributed by atoms with E-state index in [1.54, 1.807) is 0 Å². The topological polar surface area (TPSA) is 34.0 Å². The van der Waals surface area contributed by atoms with Gasteiger partial charge in [0.05, 0.1) is 5.56 Å². The van der Waals surface area contributed by atoms with Crippen LogP contribution in [-0.2, 0) is 13.5 Å². The Balaban J connectivity index is 1.66. The fraction of sp³-hybridized carbons (Fsp3) is 0.250. The molecule has 0 aliphatic heterocycles. The predicted octanol–water partition coefficient (Wildman–Crippen LogP) is 3.93. The van der Waals surface area contributed by atoms with Crippen LogP contribution in [0.4, 0.5) is 0 Å². The normalized spacial score (nSPS) is 12.3. The van der Waals surface area contributed by atoms with Gasteiger partial charge in [0.15, 0.2) is 0 Å². The van der Waals surface area contributed by atoms with E-state index in [1.807, 2.05) is 48.1 Å². The number of carbonyl (C=O) groups is 1. The van der Waals surface area contributed by atoms with E-state index in [0.29, 0.717) is 0 Å². The molecule has 1 heterocycles. The average molecular weight is 306 g/mol. The summed E-state index contributed by atoms with van der Waals surface area (Å²) < 4.78 is 2.00. The van der Waals surface area contributed by atoms with Gasteiger partial charge in [-0.2, -0.15) is 0 Å². The van der Waals surface area contributed by atoms with Gasteiger partial charge in [0.25, 0.3) is 5.91 Å². The number of hydrogen-bond acceptors (Lipinski definition) is 1. The van der Waals surface area contributed by atoms with Crippen molar-refractivity contribution in [2.24, 2.45) is 7.05 Å². The largest absolute Gasteiger partial charge is 0.350 e. The summed E-state index contributed by atoms with van der Waals surface area (Å²) in [5.41, 5.74) is 3.13. The smallest absolute Gasteiger partial charge is 0.253 e. The van der Waals surface area contributed by atoms with Gasteiger partial charge < -0.3 is 9.88 Å². The van der Waals surface area contributed by atoms with Crippen molar-refractivity contribution in [1.29, 1.82) is 0 Å². The first-order valence-electron chi connectivity index (χ1n) is 8.04. The van der Waals surface area contributed by atoms with Crippen LogP contribution in [0.5, 0.6) is 0 Å². The van der Waals surface area contributed by atoms with Crippen molar-refractivity contribution in [2.45, 2.75) is 25.8 Å². The van der Waals surface area contributed by atoms with Crippen LogP contribution >= 0.6 is 0 Å². The zero-order chi connectivity index (χ0) is 16.2. The molecule has 1 amide bonds. The predicted molar refractivity (Wildman–Crippen MR) is 94.6 cm³/mol. The van der Waals surface area contributed by atoms with E-state index in [9.17, 15) is 4.79 Å². The van der Waals surface area contributed by atoms with Crippen molar-refractivity contribution < 1.29 is 4.79 Å². The molecule has 3 nitrogen and oxygen atoms in total. The molecule has 3 heteroatoms. The van der Waals surface area contributed by atoms with Crippen molar-refractivity contribution >= 4 is 16.8 Å². The number of nitrogens with zero attached hydrogens (tertiary/aromatic N) is 1. The number of hydrogen-bond donors (Lipinski definition) is 1. The molecular formula is C20H22N2O. The number of nitrogens with one attached hydrogen (secondary N) is 1. The zero-order valence-corrected chi connectivity index (χ0v) is 13.6. The van der Waals surface area contributed by atoms with Gasteiger partial charge in [-0.3, -0.25) is 4.79 Å². The highest BCUT2D eigenvalue weighted by molar-refractivity contribution is 6.07. The molecule has 0 aliphatic carbocycles. The van der Waals surface area contributed by atoms with Crippen molar-refractivity contribution in [3.05, 3.63) is 71.9 Å². The Hall–Kier alpha value is -2.55. The second kappa shape index (κ2) is 6.69. The highest BCUT2D eigenvalue weighted by atomic mass is 16.1. The summed E-state index contributed by atoms with van der Waals surface area (Å²) in [5, 5.41) is 4.12. The summed E-state index contributed by atoms with van der Waals surface area (Å²) in [6.07, 6.45) is 3.81. The first-order chi connectivity index (χ1) is 11.1. The molecule has 0 saturated carbocycles. The molecule has 23 heavy (non-hydrogen) atoms. The molecule has 118 valence electrons. The number of rotatable bonds is 5. The monoisotopic (exact) mass is 306 g/mol. The van der Waals surface area contributed by atoms with E-state index >= 15 is 0 Å². The van der Waals surface area contributed by atoms with Crippen molar-refractivity contribution in [2.75, 3.05) is 0 Å². The minimum Gasteiger partial charge on any atom is -0.350 e.